The van der Waals surface area contributed by atoms with Gasteiger partial charge in [0.2, 0.25) is 0 Å². The SMILES string of the molecule is CNCCC1C2COCC12. The maximum atomic E-state index is 5.30. The van der Waals surface area contributed by atoms with Crippen molar-refractivity contribution in [2.45, 2.75) is 6.42 Å². The largest absolute Gasteiger partial charge is 0.381 e. The molecule has 1 saturated heterocycles. The lowest BCUT2D eigenvalue weighted by molar-refractivity contribution is 0.149. The van der Waals surface area contributed by atoms with E-state index in [4.69, 9.17) is 4.74 Å². The van der Waals surface area contributed by atoms with Crippen molar-refractivity contribution in [3.05, 3.63) is 0 Å². The van der Waals surface area contributed by atoms with Gasteiger partial charge < -0.3 is 10.1 Å². The summed E-state index contributed by atoms with van der Waals surface area (Å²) in [5.41, 5.74) is 0. The molecule has 0 spiro atoms. The average Bonchev–Trinajstić information content (AvgIpc) is 2.46. The summed E-state index contributed by atoms with van der Waals surface area (Å²) >= 11 is 0. The van der Waals surface area contributed by atoms with Crippen molar-refractivity contribution in [3.63, 3.8) is 0 Å². The van der Waals surface area contributed by atoms with Crippen LogP contribution in [-0.2, 0) is 4.74 Å². The van der Waals surface area contributed by atoms with Crippen molar-refractivity contribution in [1.82, 2.24) is 5.32 Å². The number of fused-ring (bicyclic) bond motifs is 1. The molecule has 58 valence electrons. The van der Waals surface area contributed by atoms with Crippen LogP contribution in [0, 0.1) is 17.8 Å². The van der Waals surface area contributed by atoms with Gasteiger partial charge in [-0.15, -0.1) is 0 Å². The second-order valence-corrected chi connectivity index (χ2v) is 3.42. The lowest BCUT2D eigenvalue weighted by Crippen LogP contribution is -2.10. The molecule has 2 heteroatoms. The molecule has 0 aromatic heterocycles. The fourth-order valence-electron chi connectivity index (χ4n) is 2.10. The molecule has 0 amide bonds. The highest BCUT2D eigenvalue weighted by Gasteiger charge is 2.52. The molecule has 0 bridgehead atoms. The highest BCUT2D eigenvalue weighted by atomic mass is 16.5. The van der Waals surface area contributed by atoms with E-state index < -0.39 is 0 Å². The summed E-state index contributed by atoms with van der Waals surface area (Å²) in [7, 11) is 2.02. The molecule has 2 atom stereocenters. The van der Waals surface area contributed by atoms with E-state index >= 15 is 0 Å². The summed E-state index contributed by atoms with van der Waals surface area (Å²) in [6.45, 7) is 3.26. The third-order valence-electron chi connectivity index (χ3n) is 2.86. The summed E-state index contributed by atoms with van der Waals surface area (Å²) in [6, 6.07) is 0. The molecular weight excluding hydrogens is 126 g/mol. The fourth-order valence-corrected chi connectivity index (χ4v) is 2.10. The van der Waals surface area contributed by atoms with Gasteiger partial charge in [0.05, 0.1) is 13.2 Å². The van der Waals surface area contributed by atoms with Crippen LogP contribution in [0.4, 0.5) is 0 Å². The number of hydrogen-bond acceptors (Lipinski definition) is 2. The standard InChI is InChI=1S/C8H15NO/c1-9-3-2-6-7-4-10-5-8(6)7/h6-9H,2-5H2,1H3. The minimum absolute atomic E-state index is 0.938. The van der Waals surface area contributed by atoms with Crippen LogP contribution in [0.3, 0.4) is 0 Å². The van der Waals surface area contributed by atoms with Crippen molar-refractivity contribution in [2.75, 3.05) is 26.8 Å². The second kappa shape index (κ2) is 2.51. The van der Waals surface area contributed by atoms with E-state index in [0.29, 0.717) is 0 Å². The summed E-state index contributed by atoms with van der Waals surface area (Å²) in [5, 5.41) is 3.19. The van der Waals surface area contributed by atoms with Gasteiger partial charge in [0, 0.05) is 0 Å². The van der Waals surface area contributed by atoms with E-state index in [1.165, 1.54) is 13.0 Å². The summed E-state index contributed by atoms with van der Waals surface area (Å²) < 4.78 is 5.30. The van der Waals surface area contributed by atoms with Crippen molar-refractivity contribution >= 4 is 0 Å². The smallest absolute Gasteiger partial charge is 0.0500 e. The molecule has 1 saturated carbocycles. The zero-order valence-corrected chi connectivity index (χ0v) is 6.47. The summed E-state index contributed by atoms with van der Waals surface area (Å²) in [4.78, 5) is 0. The average molecular weight is 141 g/mol. The molecule has 2 unspecified atom stereocenters. The van der Waals surface area contributed by atoms with Crippen molar-refractivity contribution < 1.29 is 4.74 Å². The van der Waals surface area contributed by atoms with Crippen LogP contribution in [0.5, 0.6) is 0 Å². The van der Waals surface area contributed by atoms with Gasteiger partial charge in [-0.3, -0.25) is 0 Å². The molecule has 10 heavy (non-hydrogen) atoms. The normalized spacial score (nSPS) is 43.5. The van der Waals surface area contributed by atoms with Gasteiger partial charge in [0.1, 0.15) is 0 Å². The first-order valence-electron chi connectivity index (χ1n) is 4.16. The van der Waals surface area contributed by atoms with E-state index in [0.717, 1.165) is 31.0 Å². The van der Waals surface area contributed by atoms with Gasteiger partial charge >= 0.3 is 0 Å². The molecule has 0 aromatic rings. The van der Waals surface area contributed by atoms with Crippen LogP contribution < -0.4 is 5.32 Å². The lowest BCUT2D eigenvalue weighted by atomic mass is 10.2. The highest BCUT2D eigenvalue weighted by Crippen LogP contribution is 2.52. The van der Waals surface area contributed by atoms with Crippen LogP contribution in [0.2, 0.25) is 0 Å². The molecule has 0 radical (unpaired) electrons. The van der Waals surface area contributed by atoms with E-state index in [1.807, 2.05) is 7.05 Å². The zero-order valence-electron chi connectivity index (χ0n) is 6.47. The number of rotatable bonds is 3. The van der Waals surface area contributed by atoms with Crippen LogP contribution in [-0.4, -0.2) is 26.8 Å². The Kier molecular flexibility index (Phi) is 1.66. The van der Waals surface area contributed by atoms with Gasteiger partial charge in [0.15, 0.2) is 0 Å². The van der Waals surface area contributed by atoms with Gasteiger partial charge in [-0.1, -0.05) is 0 Å². The quantitative estimate of drug-likeness (QED) is 0.617. The Labute approximate surface area is 61.9 Å². The lowest BCUT2D eigenvalue weighted by Gasteiger charge is -2.01. The first-order chi connectivity index (χ1) is 4.93. The van der Waals surface area contributed by atoms with Gasteiger partial charge in [-0.05, 0) is 37.8 Å². The molecule has 1 aliphatic heterocycles. The molecule has 2 fully saturated rings. The molecule has 1 aliphatic carbocycles. The summed E-state index contributed by atoms with van der Waals surface area (Å²) in [6.07, 6.45) is 1.36. The predicted octanol–water partition coefficient (Wildman–Crippen LogP) is 0.488. The minimum Gasteiger partial charge on any atom is -0.381 e. The number of ether oxygens (including phenoxy) is 1. The Balaban J connectivity index is 1.69. The molecule has 2 aliphatic rings. The second-order valence-electron chi connectivity index (χ2n) is 3.42. The Morgan fingerprint density at radius 3 is 2.70 bits per heavy atom. The Bertz CT molecular complexity index is 116. The van der Waals surface area contributed by atoms with Crippen LogP contribution in [0.1, 0.15) is 6.42 Å². The number of hydrogen-bond donors (Lipinski definition) is 1. The molecule has 0 aromatic carbocycles. The molecule has 2 rings (SSSR count). The molecule has 1 heterocycles. The van der Waals surface area contributed by atoms with Crippen LogP contribution in [0.25, 0.3) is 0 Å². The Morgan fingerprint density at radius 1 is 1.40 bits per heavy atom. The maximum absolute atomic E-state index is 5.30. The zero-order chi connectivity index (χ0) is 6.97. The third kappa shape index (κ3) is 0.956. The summed E-state index contributed by atoms with van der Waals surface area (Å²) in [5.74, 6) is 2.88. The Morgan fingerprint density at radius 2 is 2.10 bits per heavy atom. The molecule has 2 nitrogen and oxygen atoms in total. The Hall–Kier alpha value is -0.0800. The minimum atomic E-state index is 0.938. The number of nitrogens with one attached hydrogen (secondary N) is 1. The molecular formula is C8H15NO. The topological polar surface area (TPSA) is 21.3 Å². The van der Waals surface area contributed by atoms with Crippen molar-refractivity contribution in [2.24, 2.45) is 17.8 Å². The third-order valence-corrected chi connectivity index (χ3v) is 2.86. The first-order valence-corrected chi connectivity index (χ1v) is 4.16. The fraction of sp³-hybridized carbons (Fsp3) is 1.00. The van der Waals surface area contributed by atoms with Crippen LogP contribution in [0.15, 0.2) is 0 Å². The first kappa shape index (κ1) is 6.62. The maximum Gasteiger partial charge on any atom is 0.0500 e. The van der Waals surface area contributed by atoms with Crippen LogP contribution >= 0.6 is 0 Å². The monoisotopic (exact) mass is 141 g/mol. The predicted molar refractivity (Wildman–Crippen MR) is 39.8 cm³/mol. The van der Waals surface area contributed by atoms with E-state index in [1.54, 1.807) is 0 Å². The molecule has 1 N–H and O–H groups in total. The van der Waals surface area contributed by atoms with Crippen molar-refractivity contribution in [1.29, 1.82) is 0 Å². The van der Waals surface area contributed by atoms with Gasteiger partial charge in [0.25, 0.3) is 0 Å². The van der Waals surface area contributed by atoms with E-state index in [2.05, 4.69) is 5.32 Å². The van der Waals surface area contributed by atoms with E-state index in [-0.39, 0.29) is 0 Å². The van der Waals surface area contributed by atoms with Gasteiger partial charge in [-0.2, -0.15) is 0 Å². The van der Waals surface area contributed by atoms with E-state index in [9.17, 15) is 0 Å². The highest BCUT2D eigenvalue weighted by molar-refractivity contribution is 5.00. The van der Waals surface area contributed by atoms with Gasteiger partial charge in [-0.25, -0.2) is 0 Å². The van der Waals surface area contributed by atoms with Crippen molar-refractivity contribution in [3.8, 4) is 0 Å².